The number of halogens is 1. The van der Waals surface area contributed by atoms with E-state index < -0.39 is 5.95 Å². The lowest BCUT2D eigenvalue weighted by molar-refractivity contribution is 0.497. The predicted molar refractivity (Wildman–Crippen MR) is 54.8 cm³/mol. The van der Waals surface area contributed by atoms with Crippen LogP contribution in [0.5, 0.6) is 0 Å². The number of nitrogens with zero attached hydrogens (tertiary/aromatic N) is 2. The van der Waals surface area contributed by atoms with E-state index in [1.807, 2.05) is 34.6 Å². The van der Waals surface area contributed by atoms with Gasteiger partial charge in [0.15, 0.2) is 0 Å². The molecule has 1 aromatic rings. The fraction of sp³-hybridized carbons (Fsp3) is 0.636. The van der Waals surface area contributed by atoms with Crippen molar-refractivity contribution in [2.75, 3.05) is 0 Å². The van der Waals surface area contributed by atoms with Crippen molar-refractivity contribution in [2.24, 2.45) is 0 Å². The Balaban J connectivity index is 3.13. The molecule has 0 aliphatic heterocycles. The first kappa shape index (κ1) is 11.1. The van der Waals surface area contributed by atoms with E-state index in [0.29, 0.717) is 11.4 Å². The first-order valence-electron chi connectivity index (χ1n) is 4.85. The molecule has 0 aliphatic rings. The van der Waals surface area contributed by atoms with Crippen molar-refractivity contribution in [3.05, 3.63) is 23.5 Å². The zero-order valence-electron chi connectivity index (χ0n) is 9.43. The van der Waals surface area contributed by atoms with Crippen LogP contribution in [0.1, 0.15) is 51.9 Å². The SMILES string of the molecule is CC(C)c1ncc(C(C)(C)C)nc1F. The van der Waals surface area contributed by atoms with Gasteiger partial charge in [0.1, 0.15) is 0 Å². The minimum atomic E-state index is -0.438. The highest BCUT2D eigenvalue weighted by atomic mass is 19.1. The van der Waals surface area contributed by atoms with Gasteiger partial charge in [-0.1, -0.05) is 34.6 Å². The van der Waals surface area contributed by atoms with E-state index in [0.717, 1.165) is 0 Å². The molecule has 0 bridgehead atoms. The molecule has 1 aromatic heterocycles. The van der Waals surface area contributed by atoms with Gasteiger partial charge in [-0.15, -0.1) is 0 Å². The topological polar surface area (TPSA) is 25.8 Å². The van der Waals surface area contributed by atoms with Crippen LogP contribution in [0.2, 0.25) is 0 Å². The van der Waals surface area contributed by atoms with Gasteiger partial charge >= 0.3 is 0 Å². The van der Waals surface area contributed by atoms with Crippen molar-refractivity contribution in [1.82, 2.24) is 9.97 Å². The maximum atomic E-state index is 13.5. The van der Waals surface area contributed by atoms with Gasteiger partial charge in [-0.25, -0.2) is 4.98 Å². The van der Waals surface area contributed by atoms with Crippen LogP contribution in [0, 0.1) is 5.95 Å². The maximum Gasteiger partial charge on any atom is 0.235 e. The molecule has 1 heterocycles. The third-order valence-corrected chi connectivity index (χ3v) is 2.07. The smallest absolute Gasteiger partial charge is 0.235 e. The monoisotopic (exact) mass is 196 g/mol. The van der Waals surface area contributed by atoms with Gasteiger partial charge in [0.05, 0.1) is 11.4 Å². The van der Waals surface area contributed by atoms with Crippen LogP contribution in [-0.4, -0.2) is 9.97 Å². The van der Waals surface area contributed by atoms with Gasteiger partial charge in [0, 0.05) is 17.5 Å². The van der Waals surface area contributed by atoms with Crippen LogP contribution >= 0.6 is 0 Å². The fourth-order valence-electron chi connectivity index (χ4n) is 1.12. The van der Waals surface area contributed by atoms with Crippen LogP contribution in [0.15, 0.2) is 6.20 Å². The molecule has 0 aromatic carbocycles. The lowest BCUT2D eigenvalue weighted by Crippen LogP contribution is -2.16. The average Bonchev–Trinajstić information content (AvgIpc) is 2.01. The van der Waals surface area contributed by atoms with Gasteiger partial charge in [-0.3, -0.25) is 4.98 Å². The van der Waals surface area contributed by atoms with Gasteiger partial charge in [0.25, 0.3) is 0 Å². The summed E-state index contributed by atoms with van der Waals surface area (Å²) in [5, 5.41) is 0. The molecule has 1 rings (SSSR count). The first-order valence-corrected chi connectivity index (χ1v) is 4.85. The molecule has 0 saturated heterocycles. The van der Waals surface area contributed by atoms with Crippen LogP contribution in [0.25, 0.3) is 0 Å². The summed E-state index contributed by atoms with van der Waals surface area (Å²) in [6.07, 6.45) is 1.67. The average molecular weight is 196 g/mol. The molecular formula is C11H17FN2. The molecule has 0 N–H and O–H groups in total. The minimum absolute atomic E-state index is 0.0801. The Labute approximate surface area is 84.6 Å². The van der Waals surface area contributed by atoms with Crippen LogP contribution in [-0.2, 0) is 5.41 Å². The zero-order valence-corrected chi connectivity index (χ0v) is 9.43. The van der Waals surface area contributed by atoms with Crippen molar-refractivity contribution in [3.8, 4) is 0 Å². The molecule has 0 saturated carbocycles. The summed E-state index contributed by atoms with van der Waals surface area (Å²) in [5.74, 6) is -0.357. The Morgan fingerprint density at radius 1 is 1.29 bits per heavy atom. The highest BCUT2D eigenvalue weighted by Gasteiger charge is 2.19. The van der Waals surface area contributed by atoms with E-state index in [1.54, 1.807) is 6.20 Å². The van der Waals surface area contributed by atoms with Crippen molar-refractivity contribution in [2.45, 2.75) is 46.0 Å². The van der Waals surface area contributed by atoms with Gasteiger partial charge in [-0.2, -0.15) is 4.39 Å². The van der Waals surface area contributed by atoms with Crippen molar-refractivity contribution >= 4 is 0 Å². The summed E-state index contributed by atoms with van der Waals surface area (Å²) in [6.45, 7) is 9.79. The quantitative estimate of drug-likeness (QED) is 0.690. The van der Waals surface area contributed by atoms with E-state index in [-0.39, 0.29) is 11.3 Å². The molecule has 2 nitrogen and oxygen atoms in total. The second-order valence-corrected chi connectivity index (χ2v) is 4.84. The molecule has 3 heteroatoms. The Kier molecular flexibility index (Phi) is 2.88. The van der Waals surface area contributed by atoms with E-state index >= 15 is 0 Å². The number of aromatic nitrogens is 2. The Hall–Kier alpha value is -0.990. The number of rotatable bonds is 1. The predicted octanol–water partition coefficient (Wildman–Crippen LogP) is 3.04. The van der Waals surface area contributed by atoms with Gasteiger partial charge in [-0.05, 0) is 0 Å². The summed E-state index contributed by atoms with van der Waals surface area (Å²) in [4.78, 5) is 8.04. The highest BCUT2D eigenvalue weighted by molar-refractivity contribution is 5.13. The standard InChI is InChI=1S/C11H17FN2/c1-7(2)9-10(12)14-8(6-13-9)11(3,4)5/h6-7H,1-5H3. The fourth-order valence-corrected chi connectivity index (χ4v) is 1.12. The largest absolute Gasteiger partial charge is 0.254 e. The minimum Gasteiger partial charge on any atom is -0.254 e. The van der Waals surface area contributed by atoms with E-state index in [9.17, 15) is 4.39 Å². The summed E-state index contributed by atoms with van der Waals surface area (Å²) in [7, 11) is 0. The molecule has 0 spiro atoms. The Bertz CT molecular complexity index is 327. The highest BCUT2D eigenvalue weighted by Crippen LogP contribution is 2.21. The number of hydrogen-bond acceptors (Lipinski definition) is 2. The second-order valence-electron chi connectivity index (χ2n) is 4.84. The second kappa shape index (κ2) is 3.64. The van der Waals surface area contributed by atoms with Gasteiger partial charge in [0.2, 0.25) is 5.95 Å². The van der Waals surface area contributed by atoms with Crippen molar-refractivity contribution < 1.29 is 4.39 Å². The molecular weight excluding hydrogens is 179 g/mol. The normalized spacial score (nSPS) is 12.2. The van der Waals surface area contributed by atoms with Gasteiger partial charge < -0.3 is 0 Å². The van der Waals surface area contributed by atoms with E-state index in [1.165, 1.54) is 0 Å². The van der Waals surface area contributed by atoms with Crippen LogP contribution < -0.4 is 0 Å². The zero-order chi connectivity index (χ0) is 10.9. The summed E-state index contributed by atoms with van der Waals surface area (Å²) < 4.78 is 13.5. The Morgan fingerprint density at radius 2 is 1.86 bits per heavy atom. The van der Waals surface area contributed by atoms with Crippen molar-refractivity contribution in [3.63, 3.8) is 0 Å². The molecule has 14 heavy (non-hydrogen) atoms. The van der Waals surface area contributed by atoms with Crippen LogP contribution in [0.3, 0.4) is 0 Å². The summed E-state index contributed by atoms with van der Waals surface area (Å²) in [5.41, 5.74) is 0.987. The van der Waals surface area contributed by atoms with Crippen LogP contribution in [0.4, 0.5) is 4.39 Å². The number of hydrogen-bond donors (Lipinski definition) is 0. The van der Waals surface area contributed by atoms with E-state index in [4.69, 9.17) is 0 Å². The summed E-state index contributed by atoms with van der Waals surface area (Å²) >= 11 is 0. The molecule has 78 valence electrons. The molecule has 0 radical (unpaired) electrons. The molecule has 0 atom stereocenters. The van der Waals surface area contributed by atoms with E-state index in [2.05, 4.69) is 9.97 Å². The lowest BCUT2D eigenvalue weighted by atomic mass is 9.92. The third kappa shape index (κ3) is 2.28. The summed E-state index contributed by atoms with van der Waals surface area (Å²) in [6, 6.07) is 0. The maximum absolute atomic E-state index is 13.5. The molecule has 0 amide bonds. The first-order chi connectivity index (χ1) is 6.32. The molecule has 0 fully saturated rings. The van der Waals surface area contributed by atoms with Crippen molar-refractivity contribution in [1.29, 1.82) is 0 Å². The lowest BCUT2D eigenvalue weighted by Gasteiger charge is -2.17. The molecule has 0 aliphatic carbocycles. The third-order valence-electron chi connectivity index (χ3n) is 2.07. The molecule has 0 unspecified atom stereocenters. The Morgan fingerprint density at radius 3 is 2.21 bits per heavy atom.